The molecule has 3 N–H and O–H groups in total. The van der Waals surface area contributed by atoms with Crippen LogP contribution < -0.4 is 5.73 Å². The third-order valence-electron chi connectivity index (χ3n) is 1.39. The third kappa shape index (κ3) is 3.13. The lowest BCUT2D eigenvalue weighted by atomic mass is 10.2. The molecule has 0 fully saturated rings. The van der Waals surface area contributed by atoms with Gasteiger partial charge in [0, 0.05) is 18.8 Å². The van der Waals surface area contributed by atoms with Gasteiger partial charge in [0.2, 0.25) is 0 Å². The van der Waals surface area contributed by atoms with E-state index in [4.69, 9.17) is 18.0 Å². The lowest BCUT2D eigenvalue weighted by molar-refractivity contribution is 0.818. The van der Waals surface area contributed by atoms with Crippen LogP contribution in [0.15, 0.2) is 12.4 Å². The fourth-order valence-corrected chi connectivity index (χ4v) is 1.01. The molecule has 0 atom stereocenters. The van der Waals surface area contributed by atoms with Gasteiger partial charge >= 0.3 is 0 Å². The molecule has 1 aromatic heterocycles. The molecule has 0 bridgehead atoms. The quantitative estimate of drug-likeness (QED) is 0.662. The summed E-state index contributed by atoms with van der Waals surface area (Å²) in [4.78, 5) is 7.67. The van der Waals surface area contributed by atoms with Crippen LogP contribution in [0.4, 0.5) is 0 Å². The van der Waals surface area contributed by atoms with Gasteiger partial charge in [0.15, 0.2) is 0 Å². The summed E-state index contributed by atoms with van der Waals surface area (Å²) in [5.41, 5.74) is 5.33. The van der Waals surface area contributed by atoms with Crippen molar-refractivity contribution in [2.75, 3.05) is 0 Å². The van der Waals surface area contributed by atoms with Crippen LogP contribution in [0.3, 0.4) is 0 Å². The number of hydrogen-bond donors (Lipinski definition) is 2. The van der Waals surface area contributed by atoms with Crippen LogP contribution in [0.1, 0.15) is 18.7 Å². The van der Waals surface area contributed by atoms with Gasteiger partial charge in [0.1, 0.15) is 5.82 Å². The summed E-state index contributed by atoms with van der Waals surface area (Å²) in [7, 11) is 0. The second-order valence-electron chi connectivity index (χ2n) is 2.36. The molecule has 3 nitrogen and oxygen atoms in total. The molecular formula is C7H11N3S. The number of hydrogen-bond acceptors (Lipinski definition) is 2. The molecule has 0 amide bonds. The number of H-pyrrole nitrogens is 1. The van der Waals surface area contributed by atoms with E-state index in [1.807, 2.05) is 6.20 Å². The Bertz CT molecular complexity index is 218. The largest absolute Gasteiger partial charge is 0.393 e. The normalized spacial score (nSPS) is 9.82. The average molecular weight is 169 g/mol. The number of nitrogens with two attached hydrogens (primary N) is 1. The Labute approximate surface area is 71.0 Å². The molecule has 4 heteroatoms. The summed E-state index contributed by atoms with van der Waals surface area (Å²) < 4.78 is 0. The SMILES string of the molecule is NC(=S)CCCc1ncc[nH]1. The zero-order valence-electron chi connectivity index (χ0n) is 6.21. The summed E-state index contributed by atoms with van der Waals surface area (Å²) in [5, 5.41) is 0. The molecule has 11 heavy (non-hydrogen) atoms. The average Bonchev–Trinajstić information content (AvgIpc) is 2.39. The number of imidazole rings is 1. The first-order valence-electron chi connectivity index (χ1n) is 3.55. The minimum atomic E-state index is 0.580. The lowest BCUT2D eigenvalue weighted by Gasteiger charge is -1.95. The first kappa shape index (κ1) is 8.20. The first-order chi connectivity index (χ1) is 5.29. The molecule has 60 valence electrons. The molecular weight excluding hydrogens is 158 g/mol. The van der Waals surface area contributed by atoms with E-state index in [1.165, 1.54) is 0 Å². The van der Waals surface area contributed by atoms with Gasteiger partial charge in [-0.15, -0.1) is 0 Å². The Morgan fingerprint density at radius 1 is 1.73 bits per heavy atom. The standard InChI is InChI=1S/C7H11N3S/c8-6(11)2-1-3-7-9-4-5-10-7/h4-5H,1-3H2,(H2,8,11)(H,9,10). The van der Waals surface area contributed by atoms with Crippen LogP contribution >= 0.6 is 12.2 Å². The fraction of sp³-hybridized carbons (Fsp3) is 0.429. The predicted octanol–water partition coefficient (Wildman–Crippen LogP) is 1.02. The van der Waals surface area contributed by atoms with E-state index < -0.39 is 0 Å². The highest BCUT2D eigenvalue weighted by molar-refractivity contribution is 7.80. The fourth-order valence-electron chi connectivity index (χ4n) is 0.865. The minimum Gasteiger partial charge on any atom is -0.393 e. The molecule has 1 rings (SSSR count). The summed E-state index contributed by atoms with van der Waals surface area (Å²) in [5.74, 6) is 1.00. The third-order valence-corrected chi connectivity index (χ3v) is 1.60. The summed E-state index contributed by atoms with van der Waals surface area (Å²) in [6, 6.07) is 0. The van der Waals surface area contributed by atoms with Gasteiger partial charge in [0.05, 0.1) is 4.99 Å². The van der Waals surface area contributed by atoms with Crippen molar-refractivity contribution in [3.8, 4) is 0 Å². The molecule has 0 aliphatic carbocycles. The van der Waals surface area contributed by atoms with Crippen LogP contribution in [0.5, 0.6) is 0 Å². The number of nitrogens with one attached hydrogen (secondary N) is 1. The van der Waals surface area contributed by atoms with Crippen molar-refractivity contribution in [1.82, 2.24) is 9.97 Å². The van der Waals surface area contributed by atoms with E-state index in [1.54, 1.807) is 6.20 Å². The summed E-state index contributed by atoms with van der Waals surface area (Å²) in [6.07, 6.45) is 6.26. The maximum absolute atomic E-state index is 5.33. The second kappa shape index (κ2) is 4.08. The molecule has 0 aromatic carbocycles. The molecule has 0 spiro atoms. The lowest BCUT2D eigenvalue weighted by Crippen LogP contribution is -2.07. The van der Waals surface area contributed by atoms with E-state index in [-0.39, 0.29) is 0 Å². The Morgan fingerprint density at radius 2 is 2.55 bits per heavy atom. The van der Waals surface area contributed by atoms with Crippen LogP contribution in [0, 0.1) is 0 Å². The second-order valence-corrected chi connectivity index (χ2v) is 2.88. The maximum atomic E-state index is 5.33. The monoisotopic (exact) mass is 169 g/mol. The van der Waals surface area contributed by atoms with Gasteiger partial charge < -0.3 is 10.7 Å². The van der Waals surface area contributed by atoms with E-state index >= 15 is 0 Å². The molecule has 0 radical (unpaired) electrons. The highest BCUT2D eigenvalue weighted by atomic mass is 32.1. The van der Waals surface area contributed by atoms with Crippen molar-refractivity contribution in [2.24, 2.45) is 5.73 Å². The maximum Gasteiger partial charge on any atom is 0.106 e. The number of aromatic nitrogens is 2. The smallest absolute Gasteiger partial charge is 0.106 e. The molecule has 0 aliphatic rings. The number of aromatic amines is 1. The van der Waals surface area contributed by atoms with Gasteiger partial charge in [-0.05, 0) is 12.8 Å². The van der Waals surface area contributed by atoms with Gasteiger partial charge in [-0.25, -0.2) is 4.98 Å². The number of nitrogens with zero attached hydrogens (tertiary/aromatic N) is 1. The van der Waals surface area contributed by atoms with Gasteiger partial charge in [-0.3, -0.25) is 0 Å². The van der Waals surface area contributed by atoms with Gasteiger partial charge in [0.25, 0.3) is 0 Å². The molecule has 0 saturated heterocycles. The van der Waals surface area contributed by atoms with Crippen molar-refractivity contribution in [2.45, 2.75) is 19.3 Å². The zero-order valence-corrected chi connectivity index (χ0v) is 7.03. The molecule has 0 saturated carbocycles. The zero-order chi connectivity index (χ0) is 8.10. The van der Waals surface area contributed by atoms with Gasteiger partial charge in [-0.1, -0.05) is 12.2 Å². The Morgan fingerprint density at radius 3 is 3.09 bits per heavy atom. The van der Waals surface area contributed by atoms with Crippen LogP contribution in [-0.4, -0.2) is 15.0 Å². The number of thiocarbonyl (C=S) groups is 1. The predicted molar refractivity (Wildman–Crippen MR) is 48.3 cm³/mol. The number of aryl methyl sites for hydroxylation is 1. The highest BCUT2D eigenvalue weighted by Crippen LogP contribution is 1.97. The highest BCUT2D eigenvalue weighted by Gasteiger charge is 1.94. The van der Waals surface area contributed by atoms with Crippen molar-refractivity contribution in [1.29, 1.82) is 0 Å². The van der Waals surface area contributed by atoms with Crippen molar-refractivity contribution < 1.29 is 0 Å². The van der Waals surface area contributed by atoms with Crippen LogP contribution in [-0.2, 0) is 6.42 Å². The van der Waals surface area contributed by atoms with Crippen molar-refractivity contribution in [3.63, 3.8) is 0 Å². The molecule has 0 aliphatic heterocycles. The topological polar surface area (TPSA) is 54.7 Å². The minimum absolute atomic E-state index is 0.580. The van der Waals surface area contributed by atoms with Crippen molar-refractivity contribution >= 4 is 17.2 Å². The Kier molecular flexibility index (Phi) is 3.04. The van der Waals surface area contributed by atoms with E-state index in [0.29, 0.717) is 4.99 Å². The van der Waals surface area contributed by atoms with E-state index in [9.17, 15) is 0 Å². The Hall–Kier alpha value is -0.900. The van der Waals surface area contributed by atoms with E-state index in [2.05, 4.69) is 9.97 Å². The molecule has 0 unspecified atom stereocenters. The molecule has 1 heterocycles. The van der Waals surface area contributed by atoms with Crippen LogP contribution in [0.2, 0.25) is 0 Å². The van der Waals surface area contributed by atoms with Crippen LogP contribution in [0.25, 0.3) is 0 Å². The summed E-state index contributed by atoms with van der Waals surface area (Å²) >= 11 is 4.74. The Balaban J connectivity index is 2.19. The van der Waals surface area contributed by atoms with Gasteiger partial charge in [-0.2, -0.15) is 0 Å². The molecule has 1 aromatic rings. The van der Waals surface area contributed by atoms with Crippen molar-refractivity contribution in [3.05, 3.63) is 18.2 Å². The number of rotatable bonds is 4. The summed E-state index contributed by atoms with van der Waals surface area (Å²) in [6.45, 7) is 0. The first-order valence-corrected chi connectivity index (χ1v) is 3.96. The van der Waals surface area contributed by atoms with E-state index in [0.717, 1.165) is 25.1 Å².